The Morgan fingerprint density at radius 3 is 2.00 bits per heavy atom. The second-order valence-corrected chi connectivity index (χ2v) is 5.16. The summed E-state index contributed by atoms with van der Waals surface area (Å²) in [5.74, 6) is 3.93. The van der Waals surface area contributed by atoms with E-state index >= 15 is 0 Å². The second kappa shape index (κ2) is 2.76. The van der Waals surface area contributed by atoms with Crippen LogP contribution in [0.4, 0.5) is 0 Å². The van der Waals surface area contributed by atoms with Crippen molar-refractivity contribution in [3.8, 4) is 0 Å². The Hall–Kier alpha value is -0.460. The van der Waals surface area contributed by atoms with Gasteiger partial charge in [-0.3, -0.25) is 0 Å². The van der Waals surface area contributed by atoms with Gasteiger partial charge in [0.25, 0.3) is 0 Å². The summed E-state index contributed by atoms with van der Waals surface area (Å²) in [5, 5.41) is 0. The van der Waals surface area contributed by atoms with Crippen LogP contribution < -0.4 is 0 Å². The van der Waals surface area contributed by atoms with E-state index < -0.39 is 0 Å². The molecule has 0 aromatic carbocycles. The van der Waals surface area contributed by atoms with Crippen molar-refractivity contribution in [3.63, 3.8) is 0 Å². The molecule has 0 atom stereocenters. The molecule has 4 aliphatic carbocycles. The quantitative estimate of drug-likeness (QED) is 0.561. The van der Waals surface area contributed by atoms with Gasteiger partial charge in [0.05, 0.1) is 13.4 Å². The van der Waals surface area contributed by atoms with E-state index in [-0.39, 0.29) is 0 Å². The maximum absolute atomic E-state index is 5.21. The van der Waals surface area contributed by atoms with Crippen LogP contribution in [-0.2, 0) is 4.74 Å². The highest BCUT2D eigenvalue weighted by atomic mass is 16.5. The van der Waals surface area contributed by atoms with E-state index in [1.165, 1.54) is 32.1 Å². The lowest BCUT2D eigenvalue weighted by Gasteiger charge is -2.51. The normalized spacial score (nSPS) is 46.7. The van der Waals surface area contributed by atoms with Crippen molar-refractivity contribution in [2.75, 3.05) is 7.11 Å². The number of ether oxygens (including phenoxy) is 1. The number of allylic oxidation sites excluding steroid dienone is 1. The lowest BCUT2D eigenvalue weighted by molar-refractivity contribution is 0.0653. The Bertz CT molecular complexity index is 212. The Balaban J connectivity index is 1.89. The molecule has 4 bridgehead atoms. The Kier molecular flexibility index (Phi) is 1.68. The fourth-order valence-electron chi connectivity index (χ4n) is 4.06. The van der Waals surface area contributed by atoms with Gasteiger partial charge in [-0.1, -0.05) is 0 Å². The average Bonchev–Trinajstić information content (AvgIpc) is 2.10. The minimum atomic E-state index is 0.899. The summed E-state index contributed by atoms with van der Waals surface area (Å²) in [6.45, 7) is 0. The van der Waals surface area contributed by atoms with Crippen LogP contribution in [0.5, 0.6) is 0 Å². The SMILES string of the molecule is COC=C1C2CC3CC(C2)CC1C3. The molecule has 1 heteroatoms. The van der Waals surface area contributed by atoms with Gasteiger partial charge < -0.3 is 4.74 Å². The monoisotopic (exact) mass is 178 g/mol. The summed E-state index contributed by atoms with van der Waals surface area (Å²) in [4.78, 5) is 0. The van der Waals surface area contributed by atoms with Crippen LogP contribution >= 0.6 is 0 Å². The highest BCUT2D eigenvalue weighted by molar-refractivity contribution is 5.18. The molecule has 0 aromatic rings. The molecule has 0 saturated heterocycles. The molecule has 0 aliphatic heterocycles. The highest BCUT2D eigenvalue weighted by Gasteiger charge is 2.45. The first-order valence-corrected chi connectivity index (χ1v) is 5.59. The van der Waals surface area contributed by atoms with Gasteiger partial charge in [-0.2, -0.15) is 0 Å². The minimum Gasteiger partial charge on any atom is -0.504 e. The van der Waals surface area contributed by atoms with Crippen LogP contribution in [0.25, 0.3) is 0 Å². The van der Waals surface area contributed by atoms with Crippen LogP contribution in [-0.4, -0.2) is 7.11 Å². The van der Waals surface area contributed by atoms with Crippen molar-refractivity contribution in [2.24, 2.45) is 23.7 Å². The molecule has 0 heterocycles. The maximum Gasteiger partial charge on any atom is 0.0822 e. The van der Waals surface area contributed by atoms with Crippen molar-refractivity contribution in [3.05, 3.63) is 11.8 Å². The van der Waals surface area contributed by atoms with Gasteiger partial charge >= 0.3 is 0 Å². The topological polar surface area (TPSA) is 9.23 Å². The molecule has 0 radical (unpaired) electrons. The van der Waals surface area contributed by atoms with E-state index in [0.29, 0.717) is 0 Å². The standard InChI is InChI=1S/C12H18O/c1-13-7-12-10-3-8-2-9(5-10)6-11(12)4-8/h7-11H,2-6H2,1H3. The van der Waals surface area contributed by atoms with Gasteiger partial charge in [-0.25, -0.2) is 0 Å². The van der Waals surface area contributed by atoms with E-state index in [1.807, 2.05) is 6.26 Å². The van der Waals surface area contributed by atoms with Crippen molar-refractivity contribution in [1.29, 1.82) is 0 Å². The molecule has 4 fully saturated rings. The average molecular weight is 178 g/mol. The predicted molar refractivity (Wildman–Crippen MR) is 52.1 cm³/mol. The van der Waals surface area contributed by atoms with Gasteiger partial charge in [0.2, 0.25) is 0 Å². The second-order valence-electron chi connectivity index (χ2n) is 5.16. The van der Waals surface area contributed by atoms with Crippen molar-refractivity contribution < 1.29 is 4.74 Å². The minimum absolute atomic E-state index is 0.899. The molecule has 0 N–H and O–H groups in total. The Morgan fingerprint density at radius 2 is 1.54 bits per heavy atom. The molecular formula is C12H18O. The summed E-state index contributed by atoms with van der Waals surface area (Å²) in [6.07, 6.45) is 9.43. The zero-order valence-corrected chi connectivity index (χ0v) is 8.33. The van der Waals surface area contributed by atoms with Crippen LogP contribution in [0.1, 0.15) is 32.1 Å². The maximum atomic E-state index is 5.21. The number of hydrogen-bond donors (Lipinski definition) is 0. The summed E-state index contributed by atoms with van der Waals surface area (Å²) in [7, 11) is 1.79. The Morgan fingerprint density at radius 1 is 1.00 bits per heavy atom. The summed E-state index contributed by atoms with van der Waals surface area (Å²) < 4.78 is 5.21. The van der Waals surface area contributed by atoms with E-state index in [2.05, 4.69) is 0 Å². The van der Waals surface area contributed by atoms with Gasteiger partial charge in [-0.15, -0.1) is 0 Å². The molecule has 0 unspecified atom stereocenters. The summed E-state index contributed by atoms with van der Waals surface area (Å²) in [6, 6.07) is 0. The van der Waals surface area contributed by atoms with Crippen molar-refractivity contribution in [2.45, 2.75) is 32.1 Å². The summed E-state index contributed by atoms with van der Waals surface area (Å²) >= 11 is 0. The molecule has 4 saturated carbocycles. The Labute approximate surface area is 80.2 Å². The molecule has 0 aromatic heterocycles. The molecule has 4 rings (SSSR count). The molecule has 0 spiro atoms. The van der Waals surface area contributed by atoms with E-state index in [0.717, 1.165) is 23.7 Å². The van der Waals surface area contributed by atoms with E-state index in [9.17, 15) is 0 Å². The molecular weight excluding hydrogens is 160 g/mol. The van der Waals surface area contributed by atoms with Gasteiger partial charge in [0, 0.05) is 0 Å². The van der Waals surface area contributed by atoms with Crippen molar-refractivity contribution >= 4 is 0 Å². The predicted octanol–water partition coefficient (Wildman–Crippen LogP) is 2.97. The largest absolute Gasteiger partial charge is 0.504 e. The lowest BCUT2D eigenvalue weighted by Crippen LogP contribution is -2.40. The molecule has 1 nitrogen and oxygen atoms in total. The zero-order valence-electron chi connectivity index (χ0n) is 8.33. The van der Waals surface area contributed by atoms with Crippen LogP contribution in [0.15, 0.2) is 11.8 Å². The number of methoxy groups -OCH3 is 1. The number of hydrogen-bond acceptors (Lipinski definition) is 1. The number of rotatable bonds is 1. The third-order valence-electron chi connectivity index (χ3n) is 4.33. The third-order valence-corrected chi connectivity index (χ3v) is 4.33. The first kappa shape index (κ1) is 7.90. The smallest absolute Gasteiger partial charge is 0.0822 e. The van der Waals surface area contributed by atoms with Crippen LogP contribution in [0.3, 0.4) is 0 Å². The van der Waals surface area contributed by atoms with Crippen LogP contribution in [0.2, 0.25) is 0 Å². The first-order chi connectivity index (χ1) is 6.36. The molecule has 13 heavy (non-hydrogen) atoms. The van der Waals surface area contributed by atoms with Gasteiger partial charge in [0.15, 0.2) is 0 Å². The van der Waals surface area contributed by atoms with E-state index in [1.54, 1.807) is 12.7 Å². The lowest BCUT2D eigenvalue weighted by atomic mass is 9.54. The molecule has 4 aliphatic rings. The highest BCUT2D eigenvalue weighted by Crippen LogP contribution is 2.56. The van der Waals surface area contributed by atoms with Gasteiger partial charge in [-0.05, 0) is 61.3 Å². The van der Waals surface area contributed by atoms with E-state index in [4.69, 9.17) is 4.74 Å². The third kappa shape index (κ3) is 1.13. The fourth-order valence-corrected chi connectivity index (χ4v) is 4.06. The zero-order chi connectivity index (χ0) is 8.84. The van der Waals surface area contributed by atoms with Crippen molar-refractivity contribution in [1.82, 2.24) is 0 Å². The first-order valence-electron chi connectivity index (χ1n) is 5.59. The summed E-state index contributed by atoms with van der Waals surface area (Å²) in [5.41, 5.74) is 1.65. The molecule has 72 valence electrons. The van der Waals surface area contributed by atoms with Crippen LogP contribution in [0, 0.1) is 23.7 Å². The van der Waals surface area contributed by atoms with Gasteiger partial charge in [0.1, 0.15) is 0 Å². The molecule has 0 amide bonds. The fraction of sp³-hybridized carbons (Fsp3) is 0.833.